The van der Waals surface area contributed by atoms with Gasteiger partial charge in [0.05, 0.1) is 0 Å². The smallest absolute Gasteiger partial charge is 0.250 e. The van der Waals surface area contributed by atoms with Crippen LogP contribution in [0.2, 0.25) is 5.02 Å². The molecule has 1 heterocycles. The number of halogens is 2. The van der Waals surface area contributed by atoms with Crippen LogP contribution >= 0.6 is 27.5 Å². The molecule has 0 aliphatic carbocycles. The van der Waals surface area contributed by atoms with Crippen LogP contribution in [0.15, 0.2) is 57.5 Å². The molecule has 1 aromatic heterocycles. The fraction of sp³-hybridized carbons (Fsp3) is 0.0588. The largest absolute Gasteiger partial charge is 0.335 e. The van der Waals surface area contributed by atoms with E-state index in [1.807, 2.05) is 54.6 Å². The molecule has 110 valence electrons. The highest BCUT2D eigenvalue weighted by atomic mass is 79.9. The molecule has 3 nitrogen and oxygen atoms in total. The highest BCUT2D eigenvalue weighted by Crippen LogP contribution is 2.18. The molecule has 0 spiro atoms. The minimum absolute atomic E-state index is 0.477. The van der Waals surface area contributed by atoms with Gasteiger partial charge in [0.25, 0.3) is 5.89 Å². The van der Waals surface area contributed by atoms with Gasteiger partial charge in [-0.05, 0) is 35.4 Å². The second-order valence-corrected chi connectivity index (χ2v) is 6.02. The maximum absolute atomic E-state index is 6.13. The summed E-state index contributed by atoms with van der Waals surface area (Å²) in [5, 5.41) is 4.68. The van der Waals surface area contributed by atoms with Crippen molar-refractivity contribution in [3.8, 4) is 0 Å². The monoisotopic (exact) mass is 374 g/mol. The third-order valence-electron chi connectivity index (χ3n) is 3.08. The van der Waals surface area contributed by atoms with Gasteiger partial charge in [0.2, 0.25) is 0 Å². The Morgan fingerprint density at radius 2 is 1.82 bits per heavy atom. The number of rotatable bonds is 4. The first-order valence-electron chi connectivity index (χ1n) is 6.70. The molecule has 0 radical (unpaired) electrons. The second-order valence-electron chi connectivity index (χ2n) is 4.70. The van der Waals surface area contributed by atoms with Crippen LogP contribution in [-0.2, 0) is 6.42 Å². The Kier molecular flexibility index (Phi) is 4.71. The minimum atomic E-state index is 0.477. The van der Waals surface area contributed by atoms with Crippen LogP contribution in [0.3, 0.4) is 0 Å². The van der Waals surface area contributed by atoms with Crippen LogP contribution in [0.1, 0.15) is 22.8 Å². The lowest BCUT2D eigenvalue weighted by atomic mass is 10.1. The van der Waals surface area contributed by atoms with E-state index in [2.05, 4.69) is 26.1 Å². The third kappa shape index (κ3) is 3.84. The maximum Gasteiger partial charge on any atom is 0.250 e. The van der Waals surface area contributed by atoms with Gasteiger partial charge in [0.15, 0.2) is 5.82 Å². The van der Waals surface area contributed by atoms with Crippen LogP contribution in [0.25, 0.3) is 12.2 Å². The Labute approximate surface area is 141 Å². The standard InChI is InChI=1S/C17H12BrClN2O/c18-14-8-5-12(6-9-14)7-10-17-20-16(21-22-17)11-13-3-1-2-4-15(13)19/h1-10H,11H2. The molecule has 2 aromatic carbocycles. The summed E-state index contributed by atoms with van der Waals surface area (Å²) < 4.78 is 6.27. The van der Waals surface area contributed by atoms with Crippen molar-refractivity contribution in [3.63, 3.8) is 0 Å². The minimum Gasteiger partial charge on any atom is -0.335 e. The van der Waals surface area contributed by atoms with Gasteiger partial charge in [-0.25, -0.2) is 0 Å². The molecule has 0 fully saturated rings. The zero-order valence-corrected chi connectivity index (χ0v) is 13.9. The molecule has 0 aliphatic heterocycles. The van der Waals surface area contributed by atoms with Gasteiger partial charge in [-0.2, -0.15) is 4.98 Å². The van der Waals surface area contributed by atoms with Gasteiger partial charge in [-0.1, -0.05) is 63.0 Å². The van der Waals surface area contributed by atoms with Crippen LogP contribution in [0.4, 0.5) is 0 Å². The van der Waals surface area contributed by atoms with E-state index in [9.17, 15) is 0 Å². The van der Waals surface area contributed by atoms with Gasteiger partial charge in [0.1, 0.15) is 0 Å². The number of hydrogen-bond acceptors (Lipinski definition) is 3. The Morgan fingerprint density at radius 3 is 2.59 bits per heavy atom. The molecule has 3 rings (SSSR count). The molecule has 0 bridgehead atoms. The maximum atomic E-state index is 6.13. The summed E-state index contributed by atoms with van der Waals surface area (Å²) in [6, 6.07) is 15.6. The average molecular weight is 376 g/mol. The summed E-state index contributed by atoms with van der Waals surface area (Å²) in [5.74, 6) is 1.09. The SMILES string of the molecule is Clc1ccccc1Cc1noc(C=Cc2ccc(Br)cc2)n1. The normalized spacial score (nSPS) is 11.2. The van der Waals surface area contributed by atoms with Gasteiger partial charge in [0, 0.05) is 22.0 Å². The van der Waals surface area contributed by atoms with Crippen LogP contribution < -0.4 is 0 Å². The Hall–Kier alpha value is -1.91. The van der Waals surface area contributed by atoms with E-state index in [0.29, 0.717) is 23.2 Å². The van der Waals surface area contributed by atoms with Crippen molar-refractivity contribution in [1.82, 2.24) is 10.1 Å². The summed E-state index contributed by atoms with van der Waals surface area (Å²) in [4.78, 5) is 4.35. The predicted octanol–water partition coefficient (Wildman–Crippen LogP) is 5.25. The summed E-state index contributed by atoms with van der Waals surface area (Å²) in [6.07, 6.45) is 4.28. The lowest BCUT2D eigenvalue weighted by Gasteiger charge is -1.98. The summed E-state index contributed by atoms with van der Waals surface area (Å²) in [5.41, 5.74) is 2.04. The Morgan fingerprint density at radius 1 is 1.05 bits per heavy atom. The molecular formula is C17H12BrClN2O. The third-order valence-corrected chi connectivity index (χ3v) is 3.98. The van der Waals surface area contributed by atoms with Crippen molar-refractivity contribution < 1.29 is 4.52 Å². The van der Waals surface area contributed by atoms with E-state index in [1.165, 1.54) is 0 Å². The molecule has 0 aliphatic rings. The fourth-order valence-electron chi connectivity index (χ4n) is 1.96. The molecule has 0 N–H and O–H groups in total. The predicted molar refractivity (Wildman–Crippen MR) is 91.6 cm³/mol. The van der Waals surface area contributed by atoms with Gasteiger partial charge < -0.3 is 4.52 Å². The van der Waals surface area contributed by atoms with E-state index in [1.54, 1.807) is 6.08 Å². The summed E-state index contributed by atoms with van der Waals surface area (Å²) >= 11 is 9.54. The number of hydrogen-bond donors (Lipinski definition) is 0. The summed E-state index contributed by atoms with van der Waals surface area (Å²) in [7, 11) is 0. The first kappa shape index (κ1) is 15.0. The average Bonchev–Trinajstić information content (AvgIpc) is 2.97. The van der Waals surface area contributed by atoms with E-state index >= 15 is 0 Å². The molecule has 0 atom stereocenters. The molecule has 0 unspecified atom stereocenters. The van der Waals surface area contributed by atoms with Crippen molar-refractivity contribution in [2.45, 2.75) is 6.42 Å². The van der Waals surface area contributed by atoms with E-state index < -0.39 is 0 Å². The summed E-state index contributed by atoms with van der Waals surface area (Å²) in [6.45, 7) is 0. The molecule has 0 saturated heterocycles. The van der Waals surface area contributed by atoms with E-state index in [4.69, 9.17) is 16.1 Å². The fourth-order valence-corrected chi connectivity index (χ4v) is 2.43. The second kappa shape index (κ2) is 6.90. The van der Waals surface area contributed by atoms with Gasteiger partial charge in [-0.3, -0.25) is 0 Å². The number of aromatic nitrogens is 2. The Bertz CT molecular complexity index is 796. The van der Waals surface area contributed by atoms with Crippen molar-refractivity contribution >= 4 is 39.7 Å². The lowest BCUT2D eigenvalue weighted by Crippen LogP contribution is -1.91. The molecule has 3 aromatic rings. The van der Waals surface area contributed by atoms with E-state index in [0.717, 1.165) is 15.6 Å². The van der Waals surface area contributed by atoms with Crippen LogP contribution in [0, 0.1) is 0 Å². The van der Waals surface area contributed by atoms with Gasteiger partial charge >= 0.3 is 0 Å². The lowest BCUT2D eigenvalue weighted by molar-refractivity contribution is 0.404. The molecule has 0 saturated carbocycles. The first-order valence-corrected chi connectivity index (χ1v) is 7.87. The highest BCUT2D eigenvalue weighted by Gasteiger charge is 2.07. The molecule has 5 heteroatoms. The van der Waals surface area contributed by atoms with Crippen molar-refractivity contribution in [2.24, 2.45) is 0 Å². The molecule has 22 heavy (non-hydrogen) atoms. The molecular weight excluding hydrogens is 364 g/mol. The zero-order valence-electron chi connectivity index (χ0n) is 11.5. The van der Waals surface area contributed by atoms with Crippen molar-refractivity contribution in [3.05, 3.63) is 80.9 Å². The molecule has 0 amide bonds. The van der Waals surface area contributed by atoms with E-state index in [-0.39, 0.29) is 0 Å². The highest BCUT2D eigenvalue weighted by molar-refractivity contribution is 9.10. The van der Waals surface area contributed by atoms with Crippen LogP contribution in [-0.4, -0.2) is 10.1 Å². The van der Waals surface area contributed by atoms with Crippen molar-refractivity contribution in [2.75, 3.05) is 0 Å². The number of benzene rings is 2. The topological polar surface area (TPSA) is 38.9 Å². The first-order chi connectivity index (χ1) is 10.7. The number of nitrogens with zero attached hydrogens (tertiary/aromatic N) is 2. The van der Waals surface area contributed by atoms with Crippen LogP contribution in [0.5, 0.6) is 0 Å². The van der Waals surface area contributed by atoms with Gasteiger partial charge in [-0.15, -0.1) is 0 Å². The Balaban J connectivity index is 1.71. The van der Waals surface area contributed by atoms with Crippen molar-refractivity contribution in [1.29, 1.82) is 0 Å². The zero-order chi connectivity index (χ0) is 15.4. The quantitative estimate of drug-likeness (QED) is 0.625.